The summed E-state index contributed by atoms with van der Waals surface area (Å²) in [6.07, 6.45) is 5.71. The number of ether oxygens (including phenoxy) is 1. The van der Waals surface area contributed by atoms with E-state index in [0.29, 0.717) is 24.6 Å². The average Bonchev–Trinajstić information content (AvgIpc) is 3.59. The summed E-state index contributed by atoms with van der Waals surface area (Å²) in [5.74, 6) is 1.14. The van der Waals surface area contributed by atoms with E-state index in [1.54, 1.807) is 10.7 Å². The van der Waals surface area contributed by atoms with Crippen molar-refractivity contribution in [2.75, 3.05) is 5.32 Å². The van der Waals surface area contributed by atoms with Crippen molar-refractivity contribution >= 4 is 17.5 Å². The molecule has 3 heterocycles. The number of nitrogens with one attached hydrogen (secondary N) is 1. The molecule has 1 fully saturated rings. The van der Waals surface area contributed by atoms with E-state index in [1.165, 1.54) is 0 Å². The quantitative estimate of drug-likeness (QED) is 0.484. The summed E-state index contributed by atoms with van der Waals surface area (Å²) >= 11 is 0. The van der Waals surface area contributed by atoms with E-state index in [2.05, 4.69) is 26.5 Å². The number of nitriles is 1. The van der Waals surface area contributed by atoms with Gasteiger partial charge in [-0.2, -0.15) is 10.2 Å². The molecule has 0 spiro atoms. The number of rotatable bonds is 7. The Kier molecular flexibility index (Phi) is 5.22. The van der Waals surface area contributed by atoms with E-state index >= 15 is 0 Å². The zero-order valence-corrected chi connectivity index (χ0v) is 17.2. The summed E-state index contributed by atoms with van der Waals surface area (Å²) in [6, 6.07) is 17.5. The zero-order chi connectivity index (χ0) is 21.9. The highest BCUT2D eigenvalue weighted by Crippen LogP contribution is 2.30. The highest BCUT2D eigenvalue weighted by atomic mass is 16.5. The normalized spacial score (nSPS) is 13.0. The van der Waals surface area contributed by atoms with Gasteiger partial charge in [-0.15, -0.1) is 5.10 Å². The van der Waals surface area contributed by atoms with Crippen molar-refractivity contribution in [1.82, 2.24) is 19.6 Å². The van der Waals surface area contributed by atoms with Gasteiger partial charge in [0.15, 0.2) is 5.65 Å². The maximum Gasteiger partial charge on any atom is 0.249 e. The molecular weight excluding hydrogens is 404 g/mol. The van der Waals surface area contributed by atoms with E-state index in [4.69, 9.17) is 10.00 Å². The van der Waals surface area contributed by atoms with Gasteiger partial charge in [-0.1, -0.05) is 18.2 Å². The number of carbonyl (C=O) groups is 1. The molecule has 4 aromatic rings. The summed E-state index contributed by atoms with van der Waals surface area (Å²) in [5, 5.41) is 15.9. The minimum absolute atomic E-state index is 0.0149. The second-order valence-electron chi connectivity index (χ2n) is 7.69. The van der Waals surface area contributed by atoms with E-state index in [1.807, 2.05) is 54.7 Å². The molecule has 5 rings (SSSR count). The number of fused-ring (bicyclic) bond motifs is 1. The molecule has 1 aliphatic carbocycles. The number of hydrogen-bond donors (Lipinski definition) is 1. The maximum absolute atomic E-state index is 12.0. The first-order chi connectivity index (χ1) is 15.7. The van der Waals surface area contributed by atoms with Crippen LogP contribution in [0.3, 0.4) is 0 Å². The first-order valence-corrected chi connectivity index (χ1v) is 10.4. The molecule has 1 saturated carbocycles. The Morgan fingerprint density at radius 2 is 2.03 bits per heavy atom. The molecule has 1 aromatic carbocycles. The van der Waals surface area contributed by atoms with Gasteiger partial charge < -0.3 is 4.74 Å². The van der Waals surface area contributed by atoms with E-state index in [-0.39, 0.29) is 11.8 Å². The maximum atomic E-state index is 12.0. The molecule has 32 heavy (non-hydrogen) atoms. The summed E-state index contributed by atoms with van der Waals surface area (Å²) in [5.41, 5.74) is 4.24. The lowest BCUT2D eigenvalue weighted by Crippen LogP contribution is -2.14. The highest BCUT2D eigenvalue weighted by Gasteiger charge is 2.30. The fraction of sp³-hybridized carbons (Fsp3) is 0.208. The molecule has 0 saturated heterocycles. The van der Waals surface area contributed by atoms with Crippen molar-refractivity contribution in [3.8, 4) is 22.9 Å². The minimum Gasteiger partial charge on any atom is -0.489 e. The number of benzene rings is 1. The van der Waals surface area contributed by atoms with E-state index in [0.717, 1.165) is 41.0 Å². The fourth-order valence-electron chi connectivity index (χ4n) is 3.37. The van der Waals surface area contributed by atoms with Gasteiger partial charge in [-0.3, -0.25) is 15.1 Å². The number of nitrogens with zero attached hydrogens (tertiary/aromatic N) is 5. The second kappa shape index (κ2) is 8.47. The molecule has 3 aromatic heterocycles. The minimum atomic E-state index is -0.0149. The Hall–Kier alpha value is -4.25. The van der Waals surface area contributed by atoms with Gasteiger partial charge in [0.05, 0.1) is 18.2 Å². The fourth-order valence-corrected chi connectivity index (χ4v) is 3.37. The number of amides is 1. The van der Waals surface area contributed by atoms with Crippen LogP contribution in [0.4, 0.5) is 5.95 Å². The van der Waals surface area contributed by atoms with E-state index < -0.39 is 0 Å². The van der Waals surface area contributed by atoms with Crippen LogP contribution in [0.1, 0.15) is 24.1 Å². The summed E-state index contributed by atoms with van der Waals surface area (Å²) < 4.78 is 7.53. The molecule has 1 amide bonds. The third-order valence-corrected chi connectivity index (χ3v) is 5.26. The van der Waals surface area contributed by atoms with Crippen molar-refractivity contribution in [2.45, 2.75) is 25.9 Å². The Bertz CT molecular complexity index is 1300. The Labute approximate surface area is 184 Å². The number of aromatic nitrogens is 4. The molecule has 8 heteroatoms. The summed E-state index contributed by atoms with van der Waals surface area (Å²) in [7, 11) is 0. The predicted molar refractivity (Wildman–Crippen MR) is 118 cm³/mol. The molecule has 0 bridgehead atoms. The molecule has 1 aliphatic rings. The Morgan fingerprint density at radius 3 is 2.75 bits per heavy atom. The molecule has 8 nitrogen and oxygen atoms in total. The lowest BCUT2D eigenvalue weighted by molar-refractivity contribution is -0.117. The van der Waals surface area contributed by atoms with Crippen molar-refractivity contribution in [2.24, 2.45) is 5.92 Å². The third-order valence-electron chi connectivity index (χ3n) is 5.26. The van der Waals surface area contributed by atoms with Crippen LogP contribution in [0.2, 0.25) is 0 Å². The first kappa shape index (κ1) is 19.7. The van der Waals surface area contributed by atoms with Crippen molar-refractivity contribution in [3.63, 3.8) is 0 Å². The molecule has 0 radical (unpaired) electrons. The third kappa shape index (κ3) is 4.27. The van der Waals surface area contributed by atoms with E-state index in [9.17, 15) is 4.79 Å². The van der Waals surface area contributed by atoms with Crippen LogP contribution in [-0.4, -0.2) is 25.5 Å². The Morgan fingerprint density at radius 1 is 1.19 bits per heavy atom. The summed E-state index contributed by atoms with van der Waals surface area (Å²) in [4.78, 5) is 20.8. The van der Waals surface area contributed by atoms with Gasteiger partial charge >= 0.3 is 0 Å². The van der Waals surface area contributed by atoms with Gasteiger partial charge in [0.1, 0.15) is 12.4 Å². The molecular formula is C24H20N6O2. The average molecular weight is 424 g/mol. The van der Waals surface area contributed by atoms with Gasteiger partial charge in [-0.05, 0) is 48.7 Å². The standard InChI is InChI=1S/C24H20N6O2/c25-12-11-19-8-3-16(14-26-19)15-32-20-9-6-17(7-10-20)21-2-1-13-30-22(21)27-24(29-30)28-23(31)18-4-5-18/h1-3,6-10,13-14,18H,4-5,11,15H2,(H,28,29,31). The monoisotopic (exact) mass is 424 g/mol. The highest BCUT2D eigenvalue weighted by molar-refractivity contribution is 5.93. The van der Waals surface area contributed by atoms with Crippen LogP contribution in [0, 0.1) is 17.2 Å². The molecule has 0 atom stereocenters. The number of carbonyl (C=O) groups excluding carboxylic acids is 1. The van der Waals surface area contributed by atoms with Crippen LogP contribution in [0.15, 0.2) is 60.9 Å². The molecule has 0 unspecified atom stereocenters. The van der Waals surface area contributed by atoms with Crippen molar-refractivity contribution in [1.29, 1.82) is 5.26 Å². The van der Waals surface area contributed by atoms with Crippen LogP contribution in [0.5, 0.6) is 5.75 Å². The number of pyridine rings is 2. The van der Waals surface area contributed by atoms with Gasteiger partial charge in [0.2, 0.25) is 11.9 Å². The second-order valence-corrected chi connectivity index (χ2v) is 7.69. The molecule has 158 valence electrons. The van der Waals surface area contributed by atoms with Crippen LogP contribution in [0.25, 0.3) is 16.8 Å². The SMILES string of the molecule is N#CCc1ccc(COc2ccc(-c3cccn4nc(NC(=O)C5CC5)nc34)cc2)cn1. The van der Waals surface area contributed by atoms with Crippen LogP contribution in [-0.2, 0) is 17.8 Å². The Balaban J connectivity index is 1.29. The van der Waals surface area contributed by atoms with Gasteiger partial charge in [-0.25, -0.2) is 4.52 Å². The smallest absolute Gasteiger partial charge is 0.249 e. The van der Waals surface area contributed by atoms with Gasteiger partial charge in [0.25, 0.3) is 0 Å². The predicted octanol–water partition coefficient (Wildman–Crippen LogP) is 3.78. The van der Waals surface area contributed by atoms with Crippen LogP contribution >= 0.6 is 0 Å². The summed E-state index contributed by atoms with van der Waals surface area (Å²) in [6.45, 7) is 0.392. The lowest BCUT2D eigenvalue weighted by Gasteiger charge is -2.08. The first-order valence-electron chi connectivity index (χ1n) is 10.4. The number of anilines is 1. The van der Waals surface area contributed by atoms with Crippen molar-refractivity contribution < 1.29 is 9.53 Å². The molecule has 0 aliphatic heterocycles. The van der Waals surface area contributed by atoms with Crippen LogP contribution < -0.4 is 10.1 Å². The number of hydrogen-bond acceptors (Lipinski definition) is 6. The van der Waals surface area contributed by atoms with Gasteiger partial charge in [0, 0.05) is 29.4 Å². The largest absolute Gasteiger partial charge is 0.489 e. The zero-order valence-electron chi connectivity index (χ0n) is 17.2. The molecule has 1 N–H and O–H groups in total. The van der Waals surface area contributed by atoms with Crippen molar-refractivity contribution in [3.05, 3.63) is 72.2 Å². The lowest BCUT2D eigenvalue weighted by atomic mass is 10.1. The topological polar surface area (TPSA) is 105 Å².